The SMILES string of the molecule is CCNC(=NCc1ccccn1)NCC(C)(O)c1ccccc1. The van der Waals surface area contributed by atoms with Gasteiger partial charge in [0.05, 0.1) is 18.8 Å². The summed E-state index contributed by atoms with van der Waals surface area (Å²) in [5.41, 5.74) is 0.801. The smallest absolute Gasteiger partial charge is 0.191 e. The van der Waals surface area contributed by atoms with Crippen LogP contribution in [0.15, 0.2) is 59.7 Å². The molecular formula is C18H24N4O. The van der Waals surface area contributed by atoms with Crippen molar-refractivity contribution in [3.8, 4) is 0 Å². The maximum atomic E-state index is 10.6. The van der Waals surface area contributed by atoms with Gasteiger partial charge in [0.25, 0.3) is 0 Å². The Morgan fingerprint density at radius 3 is 2.52 bits per heavy atom. The molecular weight excluding hydrogens is 288 g/mol. The molecule has 0 spiro atoms. The number of benzene rings is 1. The normalized spacial score (nSPS) is 14.1. The van der Waals surface area contributed by atoms with Gasteiger partial charge in [-0.2, -0.15) is 0 Å². The third-order valence-corrected chi connectivity index (χ3v) is 3.47. The van der Waals surface area contributed by atoms with Gasteiger partial charge in [-0.3, -0.25) is 4.98 Å². The van der Waals surface area contributed by atoms with E-state index >= 15 is 0 Å². The summed E-state index contributed by atoms with van der Waals surface area (Å²) in [4.78, 5) is 8.76. The second kappa shape index (κ2) is 8.29. The lowest BCUT2D eigenvalue weighted by molar-refractivity contribution is 0.0617. The number of aliphatic hydroxyl groups is 1. The summed E-state index contributed by atoms with van der Waals surface area (Å²) >= 11 is 0. The number of hydrogen-bond acceptors (Lipinski definition) is 3. The van der Waals surface area contributed by atoms with E-state index in [9.17, 15) is 5.11 Å². The Balaban J connectivity index is 1.99. The topological polar surface area (TPSA) is 69.5 Å². The zero-order valence-corrected chi connectivity index (χ0v) is 13.7. The summed E-state index contributed by atoms with van der Waals surface area (Å²) in [6, 6.07) is 15.4. The Morgan fingerprint density at radius 1 is 1.13 bits per heavy atom. The van der Waals surface area contributed by atoms with Crippen molar-refractivity contribution in [2.24, 2.45) is 4.99 Å². The first-order valence-corrected chi connectivity index (χ1v) is 7.82. The number of pyridine rings is 1. The van der Waals surface area contributed by atoms with E-state index in [2.05, 4.69) is 20.6 Å². The molecule has 0 aliphatic heterocycles. The van der Waals surface area contributed by atoms with Gasteiger partial charge in [-0.1, -0.05) is 36.4 Å². The second-order valence-corrected chi connectivity index (χ2v) is 5.51. The summed E-state index contributed by atoms with van der Waals surface area (Å²) < 4.78 is 0. The minimum atomic E-state index is -0.970. The number of nitrogens with one attached hydrogen (secondary N) is 2. The molecule has 0 amide bonds. The van der Waals surface area contributed by atoms with Crippen molar-refractivity contribution < 1.29 is 5.11 Å². The predicted molar refractivity (Wildman–Crippen MR) is 93.1 cm³/mol. The van der Waals surface area contributed by atoms with Gasteiger partial charge in [0.2, 0.25) is 0 Å². The molecule has 0 saturated carbocycles. The minimum absolute atomic E-state index is 0.366. The van der Waals surface area contributed by atoms with Crippen LogP contribution in [0, 0.1) is 0 Å². The fourth-order valence-electron chi connectivity index (χ4n) is 2.15. The zero-order chi connectivity index (χ0) is 16.5. The number of hydrogen-bond donors (Lipinski definition) is 3. The third kappa shape index (κ3) is 5.38. The van der Waals surface area contributed by atoms with Crippen LogP contribution in [0.4, 0.5) is 0 Å². The first-order chi connectivity index (χ1) is 11.1. The molecule has 5 nitrogen and oxygen atoms in total. The van der Waals surface area contributed by atoms with E-state index in [0.717, 1.165) is 17.8 Å². The minimum Gasteiger partial charge on any atom is -0.384 e. The first-order valence-electron chi connectivity index (χ1n) is 7.82. The summed E-state index contributed by atoms with van der Waals surface area (Å²) in [5, 5.41) is 17.0. The first kappa shape index (κ1) is 17.0. The number of aromatic nitrogens is 1. The van der Waals surface area contributed by atoms with Crippen LogP contribution in [0.2, 0.25) is 0 Å². The lowest BCUT2D eigenvalue weighted by Gasteiger charge is -2.25. The standard InChI is InChI=1S/C18H24N4O/c1-3-19-17(21-13-16-11-7-8-12-20-16)22-14-18(2,23)15-9-5-4-6-10-15/h4-12,23H,3,13-14H2,1-2H3,(H2,19,21,22). The van der Waals surface area contributed by atoms with Gasteiger partial charge in [-0.25, -0.2) is 4.99 Å². The van der Waals surface area contributed by atoms with Crippen LogP contribution < -0.4 is 10.6 Å². The lowest BCUT2D eigenvalue weighted by atomic mass is 9.96. The van der Waals surface area contributed by atoms with Crippen LogP contribution in [0.1, 0.15) is 25.1 Å². The van der Waals surface area contributed by atoms with E-state index in [1.165, 1.54) is 0 Å². The maximum absolute atomic E-state index is 10.6. The van der Waals surface area contributed by atoms with Crippen LogP contribution in [0.3, 0.4) is 0 Å². The Labute approximate surface area is 137 Å². The van der Waals surface area contributed by atoms with Gasteiger partial charge in [0, 0.05) is 12.7 Å². The summed E-state index contributed by atoms with van der Waals surface area (Å²) in [6.07, 6.45) is 1.76. The van der Waals surface area contributed by atoms with Crippen molar-refractivity contribution in [1.82, 2.24) is 15.6 Å². The zero-order valence-electron chi connectivity index (χ0n) is 13.7. The number of aliphatic imine (C=N–C) groups is 1. The molecule has 0 radical (unpaired) electrons. The van der Waals surface area contributed by atoms with Crippen molar-refractivity contribution in [1.29, 1.82) is 0 Å². The van der Waals surface area contributed by atoms with Gasteiger partial charge < -0.3 is 15.7 Å². The highest BCUT2D eigenvalue weighted by Crippen LogP contribution is 2.18. The fourth-order valence-corrected chi connectivity index (χ4v) is 2.15. The molecule has 0 aliphatic rings. The van der Waals surface area contributed by atoms with Crippen molar-refractivity contribution in [3.63, 3.8) is 0 Å². The molecule has 122 valence electrons. The third-order valence-electron chi connectivity index (χ3n) is 3.47. The van der Waals surface area contributed by atoms with Crippen LogP contribution >= 0.6 is 0 Å². The van der Waals surface area contributed by atoms with Crippen molar-refractivity contribution >= 4 is 5.96 Å². The van der Waals surface area contributed by atoms with Gasteiger partial charge in [-0.05, 0) is 31.5 Å². The Bertz CT molecular complexity index is 611. The molecule has 0 fully saturated rings. The Morgan fingerprint density at radius 2 is 1.87 bits per heavy atom. The number of rotatable bonds is 6. The van der Waals surface area contributed by atoms with E-state index in [4.69, 9.17) is 0 Å². The van der Waals surface area contributed by atoms with E-state index in [-0.39, 0.29) is 0 Å². The predicted octanol–water partition coefficient (Wildman–Crippen LogP) is 2.04. The fraction of sp³-hybridized carbons (Fsp3) is 0.333. The molecule has 1 atom stereocenters. The van der Waals surface area contributed by atoms with Crippen LogP contribution in [-0.2, 0) is 12.1 Å². The molecule has 1 unspecified atom stereocenters. The highest BCUT2D eigenvalue weighted by Gasteiger charge is 2.22. The molecule has 0 bridgehead atoms. The molecule has 1 aromatic heterocycles. The van der Waals surface area contributed by atoms with Gasteiger partial charge in [0.15, 0.2) is 5.96 Å². The molecule has 2 rings (SSSR count). The highest BCUT2D eigenvalue weighted by molar-refractivity contribution is 5.79. The monoisotopic (exact) mass is 312 g/mol. The van der Waals surface area contributed by atoms with Crippen LogP contribution in [-0.4, -0.2) is 29.1 Å². The Kier molecular flexibility index (Phi) is 6.11. The molecule has 1 aromatic carbocycles. The summed E-state index contributed by atoms with van der Waals surface area (Å²) in [7, 11) is 0. The quantitative estimate of drug-likeness (QED) is 0.564. The molecule has 5 heteroatoms. The van der Waals surface area contributed by atoms with Gasteiger partial charge in [-0.15, -0.1) is 0 Å². The lowest BCUT2D eigenvalue weighted by Crippen LogP contribution is -2.44. The highest BCUT2D eigenvalue weighted by atomic mass is 16.3. The molecule has 1 heterocycles. The largest absolute Gasteiger partial charge is 0.384 e. The Hall–Kier alpha value is -2.40. The van der Waals surface area contributed by atoms with E-state index in [0.29, 0.717) is 19.0 Å². The molecule has 23 heavy (non-hydrogen) atoms. The molecule has 0 aliphatic carbocycles. The number of nitrogens with zero attached hydrogens (tertiary/aromatic N) is 2. The molecule has 2 aromatic rings. The molecule has 3 N–H and O–H groups in total. The van der Waals surface area contributed by atoms with Crippen molar-refractivity contribution in [2.75, 3.05) is 13.1 Å². The molecule has 0 saturated heterocycles. The van der Waals surface area contributed by atoms with Crippen molar-refractivity contribution in [3.05, 3.63) is 66.0 Å². The van der Waals surface area contributed by atoms with Crippen LogP contribution in [0.5, 0.6) is 0 Å². The average molecular weight is 312 g/mol. The van der Waals surface area contributed by atoms with Gasteiger partial charge >= 0.3 is 0 Å². The summed E-state index contributed by atoms with van der Waals surface area (Å²) in [6.45, 7) is 5.40. The van der Waals surface area contributed by atoms with Crippen molar-refractivity contribution in [2.45, 2.75) is 26.0 Å². The van der Waals surface area contributed by atoms with E-state index in [1.807, 2.05) is 55.5 Å². The van der Waals surface area contributed by atoms with E-state index < -0.39 is 5.60 Å². The second-order valence-electron chi connectivity index (χ2n) is 5.51. The summed E-state index contributed by atoms with van der Waals surface area (Å²) in [5.74, 6) is 0.661. The van der Waals surface area contributed by atoms with Gasteiger partial charge in [0.1, 0.15) is 5.60 Å². The van der Waals surface area contributed by atoms with E-state index in [1.54, 1.807) is 13.1 Å². The number of guanidine groups is 1. The maximum Gasteiger partial charge on any atom is 0.191 e. The van der Waals surface area contributed by atoms with Crippen LogP contribution in [0.25, 0.3) is 0 Å². The average Bonchev–Trinajstić information content (AvgIpc) is 2.59.